The summed E-state index contributed by atoms with van der Waals surface area (Å²) in [7, 11) is 0. The Morgan fingerprint density at radius 1 is 1.24 bits per heavy atom. The quantitative estimate of drug-likeness (QED) is 0.762. The molecule has 0 aromatic heterocycles. The Balaban J connectivity index is 1.95. The van der Waals surface area contributed by atoms with Crippen molar-refractivity contribution in [1.29, 1.82) is 0 Å². The topological polar surface area (TPSA) is 98.7 Å². The van der Waals surface area contributed by atoms with Gasteiger partial charge in [-0.25, -0.2) is 4.79 Å². The fraction of sp³-hybridized carbons (Fsp3) is 0.500. The van der Waals surface area contributed by atoms with Gasteiger partial charge in [-0.15, -0.1) is 0 Å². The molecule has 0 atom stereocenters. The molecule has 3 N–H and O–H groups in total. The van der Waals surface area contributed by atoms with Gasteiger partial charge in [0.15, 0.2) is 0 Å². The molecular weight excluding hydrogens is 322 g/mol. The van der Waals surface area contributed by atoms with Crippen LogP contribution in [0.4, 0.5) is 10.5 Å². The highest BCUT2D eigenvalue weighted by atomic mass is 16.4. The van der Waals surface area contributed by atoms with Crippen molar-refractivity contribution in [3.63, 3.8) is 0 Å². The number of anilines is 1. The highest BCUT2D eigenvalue weighted by molar-refractivity contribution is 5.97. The number of carbonyl (C=O) groups is 3. The van der Waals surface area contributed by atoms with Crippen molar-refractivity contribution in [1.82, 2.24) is 10.2 Å². The van der Waals surface area contributed by atoms with E-state index < -0.39 is 5.97 Å². The summed E-state index contributed by atoms with van der Waals surface area (Å²) in [5.41, 5.74) is 1.07. The normalized spacial score (nSPS) is 15.1. The van der Waals surface area contributed by atoms with Gasteiger partial charge in [-0.1, -0.05) is 6.07 Å². The zero-order valence-corrected chi connectivity index (χ0v) is 14.6. The lowest BCUT2D eigenvalue weighted by Gasteiger charge is -2.31. The van der Waals surface area contributed by atoms with Gasteiger partial charge in [0, 0.05) is 36.8 Å². The van der Waals surface area contributed by atoms with Crippen molar-refractivity contribution < 1.29 is 19.5 Å². The number of nitrogens with one attached hydrogen (secondary N) is 2. The number of likely N-dealkylation sites (tertiary alicyclic amines) is 1. The predicted octanol–water partition coefficient (Wildman–Crippen LogP) is 2.54. The van der Waals surface area contributed by atoms with Gasteiger partial charge in [0.2, 0.25) is 0 Å². The van der Waals surface area contributed by atoms with Gasteiger partial charge < -0.3 is 20.6 Å². The molecule has 1 aliphatic rings. The number of carboxylic acid groups (broad SMARTS) is 1. The van der Waals surface area contributed by atoms with E-state index in [-0.39, 0.29) is 30.3 Å². The van der Waals surface area contributed by atoms with Gasteiger partial charge in [0.05, 0.1) is 0 Å². The van der Waals surface area contributed by atoms with E-state index in [9.17, 15) is 14.4 Å². The second kappa shape index (κ2) is 8.50. The summed E-state index contributed by atoms with van der Waals surface area (Å²) in [5, 5.41) is 14.3. The van der Waals surface area contributed by atoms with Crippen LogP contribution in [0, 0.1) is 5.92 Å². The lowest BCUT2D eigenvalue weighted by atomic mass is 9.93. The molecule has 2 rings (SSSR count). The third-order valence-electron chi connectivity index (χ3n) is 4.15. The molecule has 7 nitrogen and oxygen atoms in total. The van der Waals surface area contributed by atoms with Crippen molar-refractivity contribution in [3.8, 4) is 0 Å². The van der Waals surface area contributed by atoms with E-state index in [1.807, 2.05) is 13.8 Å². The van der Waals surface area contributed by atoms with Crippen LogP contribution < -0.4 is 10.6 Å². The summed E-state index contributed by atoms with van der Waals surface area (Å²) >= 11 is 0. The SMILES string of the molecule is CC(C)NC(=O)Nc1cccc(C(=O)N2CCC(CC(=O)O)CC2)c1. The molecule has 1 saturated heterocycles. The average Bonchev–Trinajstić information content (AvgIpc) is 2.53. The molecule has 0 spiro atoms. The summed E-state index contributed by atoms with van der Waals surface area (Å²) in [6, 6.07) is 6.56. The number of nitrogens with zero attached hydrogens (tertiary/aromatic N) is 1. The van der Waals surface area contributed by atoms with Crippen LogP contribution in [-0.4, -0.2) is 47.0 Å². The molecule has 0 bridgehead atoms. The number of hydrogen-bond donors (Lipinski definition) is 3. The van der Waals surface area contributed by atoms with Crippen LogP contribution >= 0.6 is 0 Å². The molecular formula is C18H25N3O4. The Kier molecular flexibility index (Phi) is 6.38. The summed E-state index contributed by atoms with van der Waals surface area (Å²) in [4.78, 5) is 36.9. The lowest BCUT2D eigenvalue weighted by Crippen LogP contribution is -2.39. The number of carbonyl (C=O) groups excluding carboxylic acids is 2. The number of aliphatic carboxylic acids is 1. The van der Waals surface area contributed by atoms with Crippen LogP contribution in [0.25, 0.3) is 0 Å². The van der Waals surface area contributed by atoms with Crippen molar-refractivity contribution >= 4 is 23.6 Å². The van der Waals surface area contributed by atoms with Crippen molar-refractivity contribution in [3.05, 3.63) is 29.8 Å². The number of amides is 3. The van der Waals surface area contributed by atoms with Crippen LogP contribution in [0.2, 0.25) is 0 Å². The first-order chi connectivity index (χ1) is 11.8. The maximum Gasteiger partial charge on any atom is 0.319 e. The van der Waals surface area contributed by atoms with Crippen molar-refractivity contribution in [2.24, 2.45) is 5.92 Å². The molecule has 25 heavy (non-hydrogen) atoms. The Morgan fingerprint density at radius 3 is 2.52 bits per heavy atom. The minimum atomic E-state index is -0.789. The van der Waals surface area contributed by atoms with Gasteiger partial charge in [-0.3, -0.25) is 9.59 Å². The van der Waals surface area contributed by atoms with E-state index in [1.165, 1.54) is 0 Å². The van der Waals surface area contributed by atoms with Crippen LogP contribution in [0.15, 0.2) is 24.3 Å². The van der Waals surface area contributed by atoms with E-state index in [2.05, 4.69) is 10.6 Å². The van der Waals surface area contributed by atoms with E-state index in [4.69, 9.17) is 5.11 Å². The largest absolute Gasteiger partial charge is 0.481 e. The van der Waals surface area contributed by atoms with Crippen molar-refractivity contribution in [2.75, 3.05) is 18.4 Å². The number of urea groups is 1. The number of rotatable bonds is 5. The van der Waals surface area contributed by atoms with Gasteiger partial charge in [-0.2, -0.15) is 0 Å². The summed E-state index contributed by atoms with van der Waals surface area (Å²) < 4.78 is 0. The van der Waals surface area contributed by atoms with Gasteiger partial charge in [-0.05, 0) is 50.8 Å². The highest BCUT2D eigenvalue weighted by Gasteiger charge is 2.25. The Hall–Kier alpha value is -2.57. The molecule has 1 fully saturated rings. The van der Waals surface area contributed by atoms with E-state index >= 15 is 0 Å². The minimum absolute atomic E-state index is 0.0249. The number of carboxylic acids is 1. The fourth-order valence-electron chi connectivity index (χ4n) is 2.93. The summed E-state index contributed by atoms with van der Waals surface area (Å²) in [5.74, 6) is -0.751. The Labute approximate surface area is 147 Å². The Bertz CT molecular complexity index is 637. The van der Waals surface area contributed by atoms with Crippen LogP contribution in [-0.2, 0) is 4.79 Å². The maximum absolute atomic E-state index is 12.6. The first-order valence-corrected chi connectivity index (χ1v) is 8.54. The highest BCUT2D eigenvalue weighted by Crippen LogP contribution is 2.22. The molecule has 1 heterocycles. The van der Waals surface area contributed by atoms with Gasteiger partial charge in [0.25, 0.3) is 5.91 Å². The Morgan fingerprint density at radius 2 is 1.92 bits per heavy atom. The van der Waals surface area contributed by atoms with Crippen LogP contribution in [0.1, 0.15) is 43.5 Å². The van der Waals surface area contributed by atoms with E-state index in [1.54, 1.807) is 29.2 Å². The third kappa shape index (κ3) is 5.77. The predicted molar refractivity (Wildman–Crippen MR) is 94.6 cm³/mol. The second-order valence-corrected chi connectivity index (χ2v) is 6.67. The second-order valence-electron chi connectivity index (χ2n) is 6.67. The average molecular weight is 347 g/mol. The lowest BCUT2D eigenvalue weighted by molar-refractivity contribution is -0.138. The van der Waals surface area contributed by atoms with E-state index in [0.717, 1.165) is 0 Å². The smallest absolute Gasteiger partial charge is 0.319 e. The summed E-state index contributed by atoms with van der Waals surface area (Å²) in [6.07, 6.45) is 1.56. The molecule has 1 aromatic rings. The standard InChI is InChI=1S/C18H25N3O4/c1-12(2)19-18(25)20-15-5-3-4-14(11-15)17(24)21-8-6-13(7-9-21)10-16(22)23/h3-5,11-13H,6-10H2,1-2H3,(H,22,23)(H2,19,20,25). The molecule has 0 aliphatic carbocycles. The number of benzene rings is 1. The molecule has 0 unspecified atom stereocenters. The van der Waals surface area contributed by atoms with E-state index in [0.29, 0.717) is 37.2 Å². The summed E-state index contributed by atoms with van der Waals surface area (Å²) in [6.45, 7) is 4.85. The molecule has 136 valence electrons. The zero-order valence-electron chi connectivity index (χ0n) is 14.6. The maximum atomic E-state index is 12.6. The first kappa shape index (κ1) is 18.8. The van der Waals surface area contributed by atoms with Crippen LogP contribution in [0.5, 0.6) is 0 Å². The van der Waals surface area contributed by atoms with Crippen LogP contribution in [0.3, 0.4) is 0 Å². The molecule has 1 aliphatic heterocycles. The number of piperidine rings is 1. The molecule has 1 aromatic carbocycles. The fourth-order valence-corrected chi connectivity index (χ4v) is 2.93. The molecule has 0 radical (unpaired) electrons. The minimum Gasteiger partial charge on any atom is -0.481 e. The van der Waals surface area contributed by atoms with Gasteiger partial charge in [0.1, 0.15) is 0 Å². The number of hydrogen-bond acceptors (Lipinski definition) is 3. The monoisotopic (exact) mass is 347 g/mol. The molecule has 7 heteroatoms. The zero-order chi connectivity index (χ0) is 18.4. The van der Waals surface area contributed by atoms with Crippen molar-refractivity contribution in [2.45, 2.75) is 39.2 Å². The third-order valence-corrected chi connectivity index (χ3v) is 4.15. The molecule has 0 saturated carbocycles. The molecule has 3 amide bonds. The first-order valence-electron chi connectivity index (χ1n) is 8.54. The van der Waals surface area contributed by atoms with Gasteiger partial charge >= 0.3 is 12.0 Å².